The van der Waals surface area contributed by atoms with Gasteiger partial charge in [0.1, 0.15) is 5.82 Å². The Balaban J connectivity index is 1.92. The van der Waals surface area contributed by atoms with Crippen molar-refractivity contribution in [3.8, 4) is 0 Å². The van der Waals surface area contributed by atoms with Crippen LogP contribution in [0.25, 0.3) is 10.9 Å². The molecule has 0 atom stereocenters. The van der Waals surface area contributed by atoms with E-state index in [4.69, 9.17) is 0 Å². The molecule has 0 radical (unpaired) electrons. The minimum Gasteiger partial charge on any atom is -0.395 e. The van der Waals surface area contributed by atoms with Gasteiger partial charge in [-0.1, -0.05) is 18.6 Å². The molecule has 2 aromatic rings. The van der Waals surface area contributed by atoms with Crippen LogP contribution < -0.4 is 5.56 Å². The molecule has 3 rings (SSSR count). The third kappa shape index (κ3) is 2.84. The Hall–Kier alpha value is -1.72. The van der Waals surface area contributed by atoms with E-state index in [2.05, 4.69) is 14.9 Å². The summed E-state index contributed by atoms with van der Waals surface area (Å²) >= 11 is 0. The maximum Gasteiger partial charge on any atom is 0.258 e. The van der Waals surface area contributed by atoms with Crippen LogP contribution in [-0.2, 0) is 6.54 Å². The zero-order chi connectivity index (χ0) is 14.8. The van der Waals surface area contributed by atoms with Crippen LogP contribution in [0.3, 0.4) is 0 Å². The van der Waals surface area contributed by atoms with Gasteiger partial charge in [0.2, 0.25) is 0 Å². The van der Waals surface area contributed by atoms with Gasteiger partial charge in [-0.2, -0.15) is 0 Å². The lowest BCUT2D eigenvalue weighted by atomic mass is 9.91. The Kier molecular flexibility index (Phi) is 4.03. The molecule has 5 heteroatoms. The first kappa shape index (κ1) is 14.2. The second-order valence-corrected chi connectivity index (χ2v) is 5.76. The van der Waals surface area contributed by atoms with Crippen LogP contribution in [0.2, 0.25) is 0 Å². The van der Waals surface area contributed by atoms with Gasteiger partial charge in [0.25, 0.3) is 5.56 Å². The molecule has 1 aliphatic rings. The number of nitrogens with zero attached hydrogens (tertiary/aromatic N) is 2. The molecule has 0 unspecified atom stereocenters. The van der Waals surface area contributed by atoms with E-state index in [0.29, 0.717) is 30.3 Å². The zero-order valence-electron chi connectivity index (χ0n) is 12.3. The number of H-pyrrole nitrogens is 1. The highest BCUT2D eigenvalue weighted by Gasteiger charge is 2.25. The van der Waals surface area contributed by atoms with Crippen molar-refractivity contribution in [1.29, 1.82) is 0 Å². The molecule has 1 saturated carbocycles. The fourth-order valence-corrected chi connectivity index (χ4v) is 2.89. The fourth-order valence-electron chi connectivity index (χ4n) is 2.89. The molecule has 112 valence electrons. The topological polar surface area (TPSA) is 69.2 Å². The van der Waals surface area contributed by atoms with Crippen molar-refractivity contribution in [2.45, 2.75) is 38.8 Å². The summed E-state index contributed by atoms with van der Waals surface area (Å²) < 4.78 is 0. The molecule has 1 fully saturated rings. The molecular weight excluding hydrogens is 266 g/mol. The standard InChI is InChI=1S/C16H21N3O2/c1-11-4-2-7-13-15(11)17-14(18-16(13)21)10-19(8-9-20)12-5-3-6-12/h2,4,7,12,20H,3,5-6,8-10H2,1H3,(H,17,18,21). The number of fused-ring (bicyclic) bond motifs is 1. The highest BCUT2D eigenvalue weighted by Crippen LogP contribution is 2.25. The third-order valence-corrected chi connectivity index (χ3v) is 4.32. The third-order valence-electron chi connectivity index (χ3n) is 4.32. The Bertz CT molecular complexity index is 691. The second kappa shape index (κ2) is 5.95. The monoisotopic (exact) mass is 287 g/mol. The maximum absolute atomic E-state index is 12.2. The number of aromatic nitrogens is 2. The van der Waals surface area contributed by atoms with Crippen LogP contribution >= 0.6 is 0 Å². The number of aliphatic hydroxyl groups is 1. The smallest absolute Gasteiger partial charge is 0.258 e. The molecule has 0 bridgehead atoms. The Morgan fingerprint density at radius 2 is 2.24 bits per heavy atom. The molecular formula is C16H21N3O2. The number of aliphatic hydroxyl groups excluding tert-OH is 1. The van der Waals surface area contributed by atoms with Crippen molar-refractivity contribution in [1.82, 2.24) is 14.9 Å². The van der Waals surface area contributed by atoms with Gasteiger partial charge < -0.3 is 10.1 Å². The van der Waals surface area contributed by atoms with Gasteiger partial charge in [0.15, 0.2) is 0 Å². The molecule has 0 spiro atoms. The summed E-state index contributed by atoms with van der Waals surface area (Å²) in [7, 11) is 0. The highest BCUT2D eigenvalue weighted by molar-refractivity contribution is 5.80. The minimum atomic E-state index is -0.0868. The predicted octanol–water partition coefficient (Wildman–Crippen LogP) is 1.58. The largest absolute Gasteiger partial charge is 0.395 e. The van der Waals surface area contributed by atoms with Crippen LogP contribution in [0, 0.1) is 6.92 Å². The van der Waals surface area contributed by atoms with Crippen molar-refractivity contribution in [3.05, 3.63) is 39.9 Å². The van der Waals surface area contributed by atoms with Gasteiger partial charge >= 0.3 is 0 Å². The molecule has 2 N–H and O–H groups in total. The molecule has 0 saturated heterocycles. The quantitative estimate of drug-likeness (QED) is 0.876. The Morgan fingerprint density at radius 1 is 1.43 bits per heavy atom. The molecule has 1 aromatic carbocycles. The molecule has 0 amide bonds. The Labute approximate surface area is 123 Å². The molecule has 1 heterocycles. The van der Waals surface area contributed by atoms with E-state index < -0.39 is 0 Å². The van der Waals surface area contributed by atoms with Gasteiger partial charge in [0, 0.05) is 12.6 Å². The van der Waals surface area contributed by atoms with E-state index in [1.165, 1.54) is 6.42 Å². The molecule has 21 heavy (non-hydrogen) atoms. The van der Waals surface area contributed by atoms with Gasteiger partial charge in [-0.25, -0.2) is 4.98 Å². The van der Waals surface area contributed by atoms with Gasteiger partial charge in [0.05, 0.1) is 24.1 Å². The number of para-hydroxylation sites is 1. The lowest BCUT2D eigenvalue weighted by Gasteiger charge is -2.36. The van der Waals surface area contributed by atoms with Crippen LogP contribution in [-0.4, -0.2) is 39.2 Å². The number of aryl methyl sites for hydroxylation is 1. The lowest BCUT2D eigenvalue weighted by Crippen LogP contribution is -2.41. The van der Waals surface area contributed by atoms with E-state index in [1.807, 2.05) is 19.1 Å². The summed E-state index contributed by atoms with van der Waals surface area (Å²) in [5, 5.41) is 9.85. The van der Waals surface area contributed by atoms with Gasteiger partial charge in [-0.05, 0) is 31.4 Å². The second-order valence-electron chi connectivity index (χ2n) is 5.76. The van der Waals surface area contributed by atoms with E-state index in [0.717, 1.165) is 23.9 Å². The average Bonchev–Trinajstić information content (AvgIpc) is 2.38. The van der Waals surface area contributed by atoms with E-state index in [-0.39, 0.29) is 12.2 Å². The molecule has 0 aliphatic heterocycles. The fraction of sp³-hybridized carbons (Fsp3) is 0.500. The zero-order valence-corrected chi connectivity index (χ0v) is 12.3. The molecule has 1 aliphatic carbocycles. The molecule has 5 nitrogen and oxygen atoms in total. The van der Waals surface area contributed by atoms with E-state index in [9.17, 15) is 9.90 Å². The summed E-state index contributed by atoms with van der Waals surface area (Å²) in [4.78, 5) is 21.9. The van der Waals surface area contributed by atoms with Crippen molar-refractivity contribution in [2.75, 3.05) is 13.2 Å². The van der Waals surface area contributed by atoms with Crippen molar-refractivity contribution >= 4 is 10.9 Å². The van der Waals surface area contributed by atoms with Gasteiger partial charge in [-0.3, -0.25) is 9.69 Å². The first-order valence-electron chi connectivity index (χ1n) is 7.52. The number of nitrogens with one attached hydrogen (secondary N) is 1. The number of aromatic amines is 1. The van der Waals surface area contributed by atoms with Gasteiger partial charge in [-0.15, -0.1) is 0 Å². The van der Waals surface area contributed by atoms with Crippen molar-refractivity contribution < 1.29 is 5.11 Å². The minimum absolute atomic E-state index is 0.0868. The summed E-state index contributed by atoms with van der Waals surface area (Å²) in [5.74, 6) is 0.683. The van der Waals surface area contributed by atoms with E-state index in [1.54, 1.807) is 6.07 Å². The number of hydrogen-bond donors (Lipinski definition) is 2. The normalized spacial score (nSPS) is 15.6. The first-order valence-corrected chi connectivity index (χ1v) is 7.52. The average molecular weight is 287 g/mol. The number of rotatable bonds is 5. The van der Waals surface area contributed by atoms with Crippen LogP contribution in [0.4, 0.5) is 0 Å². The summed E-state index contributed by atoms with van der Waals surface area (Å²) in [5.41, 5.74) is 1.70. The number of hydrogen-bond acceptors (Lipinski definition) is 4. The summed E-state index contributed by atoms with van der Waals surface area (Å²) in [6.07, 6.45) is 3.57. The Morgan fingerprint density at radius 3 is 2.90 bits per heavy atom. The van der Waals surface area contributed by atoms with Crippen LogP contribution in [0.1, 0.15) is 30.7 Å². The lowest BCUT2D eigenvalue weighted by molar-refractivity contribution is 0.0921. The number of benzene rings is 1. The maximum atomic E-state index is 12.2. The van der Waals surface area contributed by atoms with Crippen molar-refractivity contribution in [3.63, 3.8) is 0 Å². The van der Waals surface area contributed by atoms with Crippen LogP contribution in [0.5, 0.6) is 0 Å². The van der Waals surface area contributed by atoms with Crippen LogP contribution in [0.15, 0.2) is 23.0 Å². The SMILES string of the molecule is Cc1cccc2c(=O)[nH]c(CN(CCO)C3CCC3)nc12. The summed E-state index contributed by atoms with van der Waals surface area (Å²) in [6.45, 7) is 3.31. The van der Waals surface area contributed by atoms with E-state index >= 15 is 0 Å². The van der Waals surface area contributed by atoms with Crippen molar-refractivity contribution in [2.24, 2.45) is 0 Å². The summed E-state index contributed by atoms with van der Waals surface area (Å²) in [6, 6.07) is 6.15. The first-order chi connectivity index (χ1) is 10.2. The highest BCUT2D eigenvalue weighted by atomic mass is 16.3. The molecule has 1 aromatic heterocycles. The predicted molar refractivity (Wildman–Crippen MR) is 82.2 cm³/mol.